The molecule has 0 bridgehead atoms. The van der Waals surface area contributed by atoms with E-state index in [1.54, 1.807) is 6.07 Å². The molecule has 4 rings (SSSR count). The summed E-state index contributed by atoms with van der Waals surface area (Å²) in [6, 6.07) is 11.7. The molecular formula is C16H13Cl2N3. The molecule has 2 aromatic carbocycles. The van der Waals surface area contributed by atoms with Gasteiger partial charge in [0.15, 0.2) is 0 Å². The second kappa shape index (κ2) is 4.65. The number of hydrogen-bond acceptors (Lipinski definition) is 2. The highest BCUT2D eigenvalue weighted by atomic mass is 35.5. The molecule has 0 aliphatic heterocycles. The van der Waals surface area contributed by atoms with Crippen LogP contribution in [0.15, 0.2) is 36.4 Å². The molecule has 2 N–H and O–H groups in total. The second-order valence-electron chi connectivity index (χ2n) is 5.41. The summed E-state index contributed by atoms with van der Waals surface area (Å²) < 4.78 is 2.24. The van der Waals surface area contributed by atoms with Crippen LogP contribution in [0.2, 0.25) is 10.0 Å². The third-order valence-corrected chi connectivity index (χ3v) is 4.36. The van der Waals surface area contributed by atoms with Gasteiger partial charge in [0.25, 0.3) is 0 Å². The number of benzene rings is 2. The Kier molecular flexibility index (Phi) is 2.88. The van der Waals surface area contributed by atoms with Crippen LogP contribution in [0.5, 0.6) is 0 Å². The average Bonchev–Trinajstić information content (AvgIpc) is 3.22. The Hall–Kier alpha value is -1.71. The smallest absolute Gasteiger partial charge is 0.142 e. The minimum absolute atomic E-state index is 0.473. The Morgan fingerprint density at radius 1 is 1.10 bits per heavy atom. The highest BCUT2D eigenvalue weighted by Crippen LogP contribution is 2.43. The van der Waals surface area contributed by atoms with Gasteiger partial charge in [-0.25, -0.2) is 4.98 Å². The highest BCUT2D eigenvalue weighted by molar-refractivity contribution is 6.33. The Balaban J connectivity index is 2.04. The van der Waals surface area contributed by atoms with Crippen molar-refractivity contribution in [3.8, 4) is 11.4 Å². The lowest BCUT2D eigenvalue weighted by atomic mass is 10.2. The fourth-order valence-electron chi connectivity index (χ4n) is 2.67. The zero-order valence-electron chi connectivity index (χ0n) is 11.2. The van der Waals surface area contributed by atoms with Gasteiger partial charge < -0.3 is 10.3 Å². The normalized spacial score (nSPS) is 14.8. The molecule has 1 heterocycles. The fourth-order valence-corrected chi connectivity index (χ4v) is 3.04. The second-order valence-corrected chi connectivity index (χ2v) is 6.25. The van der Waals surface area contributed by atoms with E-state index in [1.165, 1.54) is 0 Å². The van der Waals surface area contributed by atoms with E-state index in [4.69, 9.17) is 33.9 Å². The maximum atomic E-state index is 6.35. The summed E-state index contributed by atoms with van der Waals surface area (Å²) in [4.78, 5) is 4.75. The molecule has 0 saturated heterocycles. The first-order valence-corrected chi connectivity index (χ1v) is 7.62. The molecule has 0 spiro atoms. The zero-order chi connectivity index (χ0) is 14.6. The number of aromatic nitrogens is 2. The maximum absolute atomic E-state index is 6.35. The molecule has 1 fully saturated rings. The van der Waals surface area contributed by atoms with E-state index in [0.717, 1.165) is 40.3 Å². The van der Waals surface area contributed by atoms with Gasteiger partial charge in [-0.3, -0.25) is 0 Å². The third-order valence-electron chi connectivity index (χ3n) is 3.79. The standard InChI is InChI=1S/C16H13Cl2N3/c17-9-1-6-14-15(7-9)21(11-3-4-11)16(20-14)12-8-10(19)2-5-13(12)18/h1-2,5-8,11H,3-4,19H2. The number of nitrogens with two attached hydrogens (primary N) is 1. The van der Waals surface area contributed by atoms with E-state index in [-0.39, 0.29) is 0 Å². The maximum Gasteiger partial charge on any atom is 0.142 e. The summed E-state index contributed by atoms with van der Waals surface area (Å²) >= 11 is 12.5. The van der Waals surface area contributed by atoms with Gasteiger partial charge >= 0.3 is 0 Å². The summed E-state index contributed by atoms with van der Waals surface area (Å²) in [6.45, 7) is 0. The van der Waals surface area contributed by atoms with Crippen molar-refractivity contribution < 1.29 is 0 Å². The average molecular weight is 318 g/mol. The van der Waals surface area contributed by atoms with Crippen molar-refractivity contribution in [3.05, 3.63) is 46.4 Å². The van der Waals surface area contributed by atoms with Crippen LogP contribution >= 0.6 is 23.2 Å². The summed E-state index contributed by atoms with van der Waals surface area (Å²) in [5.41, 5.74) is 9.45. The van der Waals surface area contributed by atoms with Crippen LogP contribution in [0.1, 0.15) is 18.9 Å². The lowest BCUT2D eigenvalue weighted by molar-refractivity contribution is 0.775. The minimum Gasteiger partial charge on any atom is -0.399 e. The van der Waals surface area contributed by atoms with Crippen LogP contribution in [0.25, 0.3) is 22.4 Å². The van der Waals surface area contributed by atoms with Crippen molar-refractivity contribution in [3.63, 3.8) is 0 Å². The number of rotatable bonds is 2. The fraction of sp³-hybridized carbons (Fsp3) is 0.188. The predicted octanol–water partition coefficient (Wildman–Crippen LogP) is 4.93. The van der Waals surface area contributed by atoms with Crippen molar-refractivity contribution in [2.45, 2.75) is 18.9 Å². The first-order valence-electron chi connectivity index (χ1n) is 6.86. The first-order chi connectivity index (χ1) is 10.1. The molecule has 1 saturated carbocycles. The molecule has 0 atom stereocenters. The number of nitrogens with zero attached hydrogens (tertiary/aromatic N) is 2. The van der Waals surface area contributed by atoms with Gasteiger partial charge in [-0.2, -0.15) is 0 Å². The Morgan fingerprint density at radius 3 is 2.67 bits per heavy atom. The lowest BCUT2D eigenvalue weighted by Crippen LogP contribution is -1.98. The lowest BCUT2D eigenvalue weighted by Gasteiger charge is -2.10. The van der Waals surface area contributed by atoms with Crippen LogP contribution < -0.4 is 5.73 Å². The number of anilines is 1. The highest BCUT2D eigenvalue weighted by Gasteiger charge is 2.29. The molecular weight excluding hydrogens is 305 g/mol. The van der Waals surface area contributed by atoms with Gasteiger partial charge in [0.1, 0.15) is 5.82 Å². The van der Waals surface area contributed by atoms with Crippen LogP contribution in [0, 0.1) is 0 Å². The number of halogens is 2. The van der Waals surface area contributed by atoms with E-state index < -0.39 is 0 Å². The molecule has 21 heavy (non-hydrogen) atoms. The molecule has 0 radical (unpaired) electrons. The molecule has 5 heteroatoms. The quantitative estimate of drug-likeness (QED) is 0.681. The van der Waals surface area contributed by atoms with Gasteiger partial charge in [-0.15, -0.1) is 0 Å². The first kappa shape index (κ1) is 13.0. The van der Waals surface area contributed by atoms with Crippen molar-refractivity contribution in [2.75, 3.05) is 5.73 Å². The minimum atomic E-state index is 0.473. The van der Waals surface area contributed by atoms with E-state index in [0.29, 0.717) is 16.8 Å². The van der Waals surface area contributed by atoms with Gasteiger partial charge in [-0.05, 0) is 49.2 Å². The van der Waals surface area contributed by atoms with Gasteiger partial charge in [-0.1, -0.05) is 23.2 Å². The van der Waals surface area contributed by atoms with Crippen molar-refractivity contribution in [1.82, 2.24) is 9.55 Å². The van der Waals surface area contributed by atoms with E-state index in [9.17, 15) is 0 Å². The largest absolute Gasteiger partial charge is 0.399 e. The number of hydrogen-bond donors (Lipinski definition) is 1. The predicted molar refractivity (Wildman–Crippen MR) is 87.9 cm³/mol. The van der Waals surface area contributed by atoms with Gasteiger partial charge in [0, 0.05) is 22.3 Å². The summed E-state index contributed by atoms with van der Waals surface area (Å²) in [7, 11) is 0. The van der Waals surface area contributed by atoms with Crippen LogP contribution in [0.3, 0.4) is 0 Å². The molecule has 0 amide bonds. The molecule has 3 aromatic rings. The molecule has 3 nitrogen and oxygen atoms in total. The number of fused-ring (bicyclic) bond motifs is 1. The molecule has 0 unspecified atom stereocenters. The summed E-state index contributed by atoms with van der Waals surface area (Å²) in [5, 5.41) is 1.38. The van der Waals surface area contributed by atoms with Gasteiger partial charge in [0.2, 0.25) is 0 Å². The van der Waals surface area contributed by atoms with E-state index >= 15 is 0 Å². The molecule has 1 aromatic heterocycles. The Bertz CT molecular complexity index is 850. The number of imidazole rings is 1. The van der Waals surface area contributed by atoms with Crippen molar-refractivity contribution in [1.29, 1.82) is 0 Å². The molecule has 1 aliphatic carbocycles. The SMILES string of the molecule is Nc1ccc(Cl)c(-c2nc3ccc(Cl)cc3n2C2CC2)c1. The van der Waals surface area contributed by atoms with Crippen LogP contribution in [-0.2, 0) is 0 Å². The Morgan fingerprint density at radius 2 is 1.90 bits per heavy atom. The zero-order valence-corrected chi connectivity index (χ0v) is 12.7. The molecule has 106 valence electrons. The van der Waals surface area contributed by atoms with Crippen molar-refractivity contribution >= 4 is 39.9 Å². The molecule has 1 aliphatic rings. The topological polar surface area (TPSA) is 43.8 Å². The third kappa shape index (κ3) is 2.17. The van der Waals surface area contributed by atoms with Gasteiger partial charge in [0.05, 0.1) is 16.1 Å². The number of nitrogen functional groups attached to an aromatic ring is 1. The van der Waals surface area contributed by atoms with Crippen LogP contribution in [-0.4, -0.2) is 9.55 Å². The Labute approximate surface area is 132 Å². The monoisotopic (exact) mass is 317 g/mol. The van der Waals surface area contributed by atoms with E-state index in [2.05, 4.69) is 4.57 Å². The van der Waals surface area contributed by atoms with E-state index in [1.807, 2.05) is 30.3 Å². The van der Waals surface area contributed by atoms with Crippen LogP contribution in [0.4, 0.5) is 5.69 Å². The summed E-state index contributed by atoms with van der Waals surface area (Å²) in [6.07, 6.45) is 2.32. The van der Waals surface area contributed by atoms with Crippen molar-refractivity contribution in [2.24, 2.45) is 0 Å². The summed E-state index contributed by atoms with van der Waals surface area (Å²) in [5.74, 6) is 0.868.